The van der Waals surface area contributed by atoms with Crippen molar-refractivity contribution < 1.29 is 14.6 Å². The Kier molecular flexibility index (Phi) is 4.24. The first-order valence-electron chi connectivity index (χ1n) is 7.43. The number of aliphatic hydroxyl groups is 1. The Morgan fingerprint density at radius 2 is 1.90 bits per heavy atom. The molecule has 0 amide bonds. The van der Waals surface area contributed by atoms with Gasteiger partial charge in [-0.3, -0.25) is 0 Å². The highest BCUT2D eigenvalue weighted by molar-refractivity contribution is 5.89. The lowest BCUT2D eigenvalue weighted by Crippen LogP contribution is -2.55. The van der Waals surface area contributed by atoms with Crippen molar-refractivity contribution >= 4 is 5.97 Å². The normalized spacial score (nSPS) is 25.9. The van der Waals surface area contributed by atoms with Gasteiger partial charge in [0, 0.05) is 5.41 Å². The van der Waals surface area contributed by atoms with Crippen LogP contribution in [-0.2, 0) is 4.74 Å². The maximum Gasteiger partial charge on any atom is 0.338 e. The summed E-state index contributed by atoms with van der Waals surface area (Å²) in [6.07, 6.45) is 2.95. The second kappa shape index (κ2) is 5.64. The number of esters is 1. The summed E-state index contributed by atoms with van der Waals surface area (Å²) >= 11 is 0. The average molecular weight is 288 g/mol. The minimum absolute atomic E-state index is 0.390. The first kappa shape index (κ1) is 15.8. The second-order valence-corrected chi connectivity index (χ2v) is 6.55. The Morgan fingerprint density at radius 1 is 1.29 bits per heavy atom. The van der Waals surface area contributed by atoms with Crippen molar-refractivity contribution in [1.29, 1.82) is 0 Å². The molecule has 2 rings (SSSR count). The molecule has 0 unspecified atom stereocenters. The van der Waals surface area contributed by atoms with Gasteiger partial charge in [-0.05, 0) is 38.8 Å². The molecule has 0 radical (unpaired) electrons. The van der Waals surface area contributed by atoms with E-state index in [9.17, 15) is 9.90 Å². The predicted molar refractivity (Wildman–Crippen MR) is 83.0 cm³/mol. The predicted octanol–water partition coefficient (Wildman–Crippen LogP) is 3.73. The van der Waals surface area contributed by atoms with Gasteiger partial charge in [-0.2, -0.15) is 0 Å². The second-order valence-electron chi connectivity index (χ2n) is 6.55. The van der Waals surface area contributed by atoms with Crippen molar-refractivity contribution in [3.8, 4) is 0 Å². The molecule has 0 bridgehead atoms. The number of carbonyl (C=O) groups is 1. The fourth-order valence-electron chi connectivity index (χ4n) is 3.15. The van der Waals surface area contributed by atoms with Gasteiger partial charge in [-0.1, -0.05) is 43.7 Å². The quantitative estimate of drug-likeness (QED) is 0.681. The van der Waals surface area contributed by atoms with Crippen LogP contribution < -0.4 is 0 Å². The van der Waals surface area contributed by atoms with E-state index in [0.717, 1.165) is 6.42 Å². The Labute approximate surface area is 126 Å². The monoisotopic (exact) mass is 288 g/mol. The number of rotatable bonds is 3. The smallest absolute Gasteiger partial charge is 0.338 e. The van der Waals surface area contributed by atoms with Gasteiger partial charge in [0.2, 0.25) is 0 Å². The van der Waals surface area contributed by atoms with Crippen LogP contribution in [0.2, 0.25) is 0 Å². The summed E-state index contributed by atoms with van der Waals surface area (Å²) in [6.45, 7) is 7.82. The van der Waals surface area contributed by atoms with E-state index in [0.29, 0.717) is 12.0 Å². The summed E-state index contributed by atoms with van der Waals surface area (Å²) in [5.41, 5.74) is 0.308. The topological polar surface area (TPSA) is 46.5 Å². The van der Waals surface area contributed by atoms with Gasteiger partial charge in [-0.25, -0.2) is 4.79 Å². The van der Waals surface area contributed by atoms with Gasteiger partial charge in [0.25, 0.3) is 0 Å². The van der Waals surface area contributed by atoms with Crippen molar-refractivity contribution in [2.45, 2.75) is 52.2 Å². The molecule has 2 atom stereocenters. The van der Waals surface area contributed by atoms with E-state index in [2.05, 4.69) is 13.0 Å². The third kappa shape index (κ3) is 3.03. The number of carbonyl (C=O) groups excluding carboxylic acids is 1. The van der Waals surface area contributed by atoms with Crippen molar-refractivity contribution in [1.82, 2.24) is 0 Å². The van der Waals surface area contributed by atoms with E-state index in [1.54, 1.807) is 31.2 Å². The van der Waals surface area contributed by atoms with Crippen LogP contribution >= 0.6 is 0 Å². The van der Waals surface area contributed by atoms with Crippen LogP contribution in [0.15, 0.2) is 42.0 Å². The van der Waals surface area contributed by atoms with Gasteiger partial charge in [-0.15, -0.1) is 0 Å². The standard InChI is InChI=1S/C18H24O3/c1-13-10-11-18(20,17(3,4)12-13)14(2)21-16(19)15-8-6-5-7-9-15/h5-9,12,14,20H,10-11H2,1-4H3/t14-,18+/m0/s1. The third-order valence-electron chi connectivity index (χ3n) is 4.59. The van der Waals surface area contributed by atoms with Gasteiger partial charge >= 0.3 is 5.97 Å². The van der Waals surface area contributed by atoms with E-state index in [4.69, 9.17) is 4.74 Å². The lowest BCUT2D eigenvalue weighted by Gasteiger charge is -2.47. The molecular formula is C18H24O3. The average Bonchev–Trinajstić information content (AvgIpc) is 2.43. The summed E-state index contributed by atoms with van der Waals surface area (Å²) in [5, 5.41) is 11.1. The molecule has 0 aliphatic heterocycles. The molecule has 0 saturated carbocycles. The largest absolute Gasteiger partial charge is 0.456 e. The fraction of sp³-hybridized carbons (Fsp3) is 0.500. The maximum atomic E-state index is 12.2. The van der Waals surface area contributed by atoms with E-state index in [1.807, 2.05) is 19.9 Å². The number of ether oxygens (including phenoxy) is 1. The van der Waals surface area contributed by atoms with Crippen LogP contribution in [0.4, 0.5) is 0 Å². The highest BCUT2D eigenvalue weighted by atomic mass is 16.6. The number of allylic oxidation sites excluding steroid dienone is 1. The summed E-state index contributed by atoms with van der Waals surface area (Å²) in [7, 11) is 0. The van der Waals surface area contributed by atoms with Crippen LogP contribution in [0.25, 0.3) is 0 Å². The highest BCUT2D eigenvalue weighted by Gasteiger charge is 2.49. The zero-order valence-electron chi connectivity index (χ0n) is 13.2. The molecule has 1 aliphatic rings. The lowest BCUT2D eigenvalue weighted by atomic mass is 9.65. The summed E-state index contributed by atoms with van der Waals surface area (Å²) in [4.78, 5) is 12.2. The van der Waals surface area contributed by atoms with E-state index < -0.39 is 23.1 Å². The van der Waals surface area contributed by atoms with Crippen LogP contribution in [0.5, 0.6) is 0 Å². The highest BCUT2D eigenvalue weighted by Crippen LogP contribution is 2.45. The van der Waals surface area contributed by atoms with Gasteiger partial charge < -0.3 is 9.84 Å². The van der Waals surface area contributed by atoms with Crippen LogP contribution in [0.1, 0.15) is 50.9 Å². The van der Waals surface area contributed by atoms with E-state index >= 15 is 0 Å². The number of hydrogen-bond acceptors (Lipinski definition) is 3. The molecule has 1 N–H and O–H groups in total. The molecule has 114 valence electrons. The van der Waals surface area contributed by atoms with Crippen molar-refractivity contribution in [3.63, 3.8) is 0 Å². The molecule has 1 aromatic rings. The third-order valence-corrected chi connectivity index (χ3v) is 4.59. The molecule has 0 saturated heterocycles. The number of hydrogen-bond donors (Lipinski definition) is 1. The maximum absolute atomic E-state index is 12.2. The summed E-state index contributed by atoms with van der Waals surface area (Å²) in [5.74, 6) is -0.390. The zero-order chi connectivity index (χ0) is 15.7. The SMILES string of the molecule is CC1=CC(C)(C)[C@](O)([C@H](C)OC(=O)c2ccccc2)CC1. The Morgan fingerprint density at radius 3 is 2.48 bits per heavy atom. The van der Waals surface area contributed by atoms with E-state index in [1.165, 1.54) is 5.57 Å². The molecule has 21 heavy (non-hydrogen) atoms. The van der Waals surface area contributed by atoms with Gasteiger partial charge in [0.05, 0.1) is 5.56 Å². The summed E-state index contributed by atoms with van der Waals surface area (Å²) in [6, 6.07) is 8.88. The Bertz CT molecular complexity index is 545. The van der Waals surface area contributed by atoms with Crippen LogP contribution in [0.3, 0.4) is 0 Å². The van der Waals surface area contributed by atoms with Crippen molar-refractivity contribution in [2.24, 2.45) is 5.41 Å². The molecule has 0 aromatic heterocycles. The fourth-order valence-corrected chi connectivity index (χ4v) is 3.15. The van der Waals surface area contributed by atoms with Gasteiger partial charge in [0.1, 0.15) is 11.7 Å². The molecular weight excluding hydrogens is 264 g/mol. The molecule has 3 nitrogen and oxygen atoms in total. The molecule has 1 aromatic carbocycles. The molecule has 0 heterocycles. The van der Waals surface area contributed by atoms with Gasteiger partial charge in [0.15, 0.2) is 0 Å². The summed E-state index contributed by atoms with van der Waals surface area (Å²) < 4.78 is 5.53. The molecule has 0 spiro atoms. The molecule has 0 fully saturated rings. The van der Waals surface area contributed by atoms with Crippen LogP contribution in [-0.4, -0.2) is 22.8 Å². The minimum atomic E-state index is -1.04. The molecule has 3 heteroatoms. The van der Waals surface area contributed by atoms with Crippen LogP contribution in [0, 0.1) is 5.41 Å². The Hall–Kier alpha value is -1.61. The van der Waals surface area contributed by atoms with Crippen molar-refractivity contribution in [3.05, 3.63) is 47.5 Å². The van der Waals surface area contributed by atoms with Crippen molar-refractivity contribution in [2.75, 3.05) is 0 Å². The molecule has 1 aliphatic carbocycles. The lowest BCUT2D eigenvalue weighted by molar-refractivity contribution is -0.137. The Balaban J connectivity index is 2.16. The first-order chi connectivity index (χ1) is 9.76. The first-order valence-corrected chi connectivity index (χ1v) is 7.43. The number of benzene rings is 1. The zero-order valence-corrected chi connectivity index (χ0v) is 13.2. The van der Waals surface area contributed by atoms with E-state index in [-0.39, 0.29) is 0 Å². The minimum Gasteiger partial charge on any atom is -0.456 e.